The predicted molar refractivity (Wildman–Crippen MR) is 251 cm³/mol. The summed E-state index contributed by atoms with van der Waals surface area (Å²) in [5, 5.41) is 11.4. The SMILES string of the molecule is CC(=O)c1cc(N(C)CCC(F)(F)F)ccc1[N+](=O)[O-].CCC(c1ccccc1)n1c(C)nc2ccc(N(C)CCC(F)(F)F)cc2c1=O.Cc1nc2ccc(N(C)CCC(F)(F)F)cc2c(=O)o1.O=C=O. The van der Waals surface area contributed by atoms with Gasteiger partial charge in [-0.15, -0.1) is 0 Å². The molecule has 1 atom stereocenters. The third kappa shape index (κ3) is 17.7. The molecule has 0 aliphatic carbocycles. The Kier molecular flexibility index (Phi) is 20.8. The molecule has 0 fully saturated rings. The molecule has 0 bridgehead atoms. The standard InChI is InChI=1S/C22H24F3N3O.C13H13F3N2O2.C12H13F3N2O3.CO2/c1-4-20(16-8-6-5-7-9-16)28-15(2)26-19-11-10-17(14-18(19)21(28)29)27(3)13-12-22(23,24)25;1-8-17-11-4-3-9(7-10(11)12(19)20-8)18(2)6-5-13(14,15)16;1-8(18)10-7-9(3-4-11(10)17(19)20)16(2)6-5-12(13,14)15;2-1-3/h5-11,14,20H,4,12-13H2,1-3H3;2*3-4,7H,5-6H2,1-2H3;. The van der Waals surface area contributed by atoms with E-state index in [2.05, 4.69) is 9.97 Å². The smallest absolute Gasteiger partial charge is 0.390 e. The molecule has 24 heteroatoms. The molecular formula is C48H50F9N7O8. The number of rotatable bonds is 14. The zero-order chi connectivity index (χ0) is 54.3. The number of Topliss-reactive ketones (excluding diaryl/α,β-unsaturated/α-hetero) is 1. The number of alkyl halides is 9. The number of benzene rings is 4. The molecule has 0 aliphatic heterocycles. The average Bonchev–Trinajstić information content (AvgIpc) is 3.30. The third-order valence-electron chi connectivity index (χ3n) is 10.7. The van der Waals surface area contributed by atoms with Crippen molar-refractivity contribution in [2.24, 2.45) is 0 Å². The Hall–Kier alpha value is -7.62. The van der Waals surface area contributed by atoms with Crippen LogP contribution in [0.5, 0.6) is 0 Å². The van der Waals surface area contributed by atoms with Crippen molar-refractivity contribution in [1.82, 2.24) is 14.5 Å². The highest BCUT2D eigenvalue weighted by Crippen LogP contribution is 2.29. The molecule has 4 aromatic carbocycles. The van der Waals surface area contributed by atoms with Gasteiger partial charge in [-0.1, -0.05) is 37.3 Å². The van der Waals surface area contributed by atoms with Gasteiger partial charge in [-0.2, -0.15) is 49.1 Å². The molecule has 15 nitrogen and oxygen atoms in total. The summed E-state index contributed by atoms with van der Waals surface area (Å²) >= 11 is 0. The molecule has 72 heavy (non-hydrogen) atoms. The number of nitro groups is 1. The zero-order valence-electron chi connectivity index (χ0n) is 39.9. The molecule has 0 saturated heterocycles. The quantitative estimate of drug-likeness (QED) is 0.0435. The molecule has 0 radical (unpaired) electrons. The van der Waals surface area contributed by atoms with Gasteiger partial charge in [-0.25, -0.2) is 14.8 Å². The van der Waals surface area contributed by atoms with Crippen molar-refractivity contribution < 1.29 is 63.2 Å². The number of aromatic nitrogens is 3. The third-order valence-corrected chi connectivity index (χ3v) is 10.7. The lowest BCUT2D eigenvalue weighted by Crippen LogP contribution is -2.29. The molecule has 0 spiro atoms. The summed E-state index contributed by atoms with van der Waals surface area (Å²) in [5.41, 5.74) is 2.21. The monoisotopic (exact) mass is 1020 g/mol. The first-order valence-electron chi connectivity index (χ1n) is 21.6. The molecule has 0 amide bonds. The summed E-state index contributed by atoms with van der Waals surface area (Å²) in [6.45, 7) is 5.89. The minimum Gasteiger partial charge on any atom is -0.408 e. The maximum Gasteiger partial charge on any atom is 0.390 e. The summed E-state index contributed by atoms with van der Waals surface area (Å²) in [7, 11) is 4.55. The molecule has 0 N–H and O–H groups in total. The van der Waals surface area contributed by atoms with Crippen molar-refractivity contribution in [3.8, 4) is 0 Å². The molecule has 0 aliphatic rings. The average molecular weight is 1020 g/mol. The minimum atomic E-state index is -4.28. The van der Waals surface area contributed by atoms with Crippen LogP contribution in [-0.2, 0) is 9.59 Å². The second-order valence-corrected chi connectivity index (χ2v) is 16.1. The van der Waals surface area contributed by atoms with Crippen LogP contribution in [0.2, 0.25) is 0 Å². The number of nitrogens with zero attached hydrogens (tertiary/aromatic N) is 7. The van der Waals surface area contributed by atoms with Crippen LogP contribution in [0.1, 0.15) is 73.2 Å². The number of anilines is 3. The number of hydrogen-bond donors (Lipinski definition) is 0. The number of fused-ring (bicyclic) bond motifs is 2. The molecule has 6 aromatic rings. The Morgan fingerprint density at radius 3 is 1.57 bits per heavy atom. The van der Waals surface area contributed by atoms with Gasteiger partial charge in [0.15, 0.2) is 11.7 Å². The first-order chi connectivity index (χ1) is 33.5. The Morgan fingerprint density at radius 1 is 0.708 bits per heavy atom. The molecule has 6 rings (SSSR count). The van der Waals surface area contributed by atoms with Gasteiger partial charge >= 0.3 is 30.3 Å². The van der Waals surface area contributed by atoms with Crippen LogP contribution in [0.4, 0.5) is 62.3 Å². The minimum absolute atomic E-state index is 0.119. The van der Waals surface area contributed by atoms with E-state index in [4.69, 9.17) is 14.0 Å². The fourth-order valence-corrected chi connectivity index (χ4v) is 7.02. The highest BCUT2D eigenvalue weighted by molar-refractivity contribution is 5.99. The lowest BCUT2D eigenvalue weighted by atomic mass is 10.0. The van der Waals surface area contributed by atoms with E-state index in [0.717, 1.165) is 11.6 Å². The largest absolute Gasteiger partial charge is 0.408 e. The molecular weight excluding hydrogens is 974 g/mol. The van der Waals surface area contributed by atoms with Crippen LogP contribution in [0.15, 0.2) is 98.9 Å². The first-order valence-corrected chi connectivity index (χ1v) is 21.6. The van der Waals surface area contributed by atoms with Crippen molar-refractivity contribution in [3.63, 3.8) is 0 Å². The second kappa shape index (κ2) is 25.5. The van der Waals surface area contributed by atoms with E-state index >= 15 is 0 Å². The summed E-state index contributed by atoms with van der Waals surface area (Å²) in [6.07, 6.45) is -14.6. The van der Waals surface area contributed by atoms with Crippen LogP contribution in [-0.4, -0.2) is 90.7 Å². The Balaban J connectivity index is 0.000000285. The fourth-order valence-electron chi connectivity index (χ4n) is 7.02. The Morgan fingerprint density at radius 2 is 1.14 bits per heavy atom. The predicted octanol–water partition coefficient (Wildman–Crippen LogP) is 10.6. The van der Waals surface area contributed by atoms with E-state index in [1.54, 1.807) is 55.8 Å². The van der Waals surface area contributed by atoms with Crippen LogP contribution in [0.3, 0.4) is 0 Å². The molecule has 2 heterocycles. The summed E-state index contributed by atoms with van der Waals surface area (Å²) < 4.78 is 117. The number of carbonyl (C=O) groups excluding carboxylic acids is 3. The molecule has 388 valence electrons. The lowest BCUT2D eigenvalue weighted by molar-refractivity contribution is -0.385. The van der Waals surface area contributed by atoms with Crippen molar-refractivity contribution in [2.75, 3.05) is 55.5 Å². The Labute approximate surface area is 405 Å². The van der Waals surface area contributed by atoms with Gasteiger partial charge < -0.3 is 19.1 Å². The highest BCUT2D eigenvalue weighted by atomic mass is 19.4. The van der Waals surface area contributed by atoms with Crippen molar-refractivity contribution in [3.05, 3.63) is 139 Å². The Bertz CT molecular complexity index is 2960. The summed E-state index contributed by atoms with van der Waals surface area (Å²) in [5.74, 6) is 0.347. The van der Waals surface area contributed by atoms with Gasteiger partial charge in [0.1, 0.15) is 5.82 Å². The maximum atomic E-state index is 13.3. The molecule has 1 unspecified atom stereocenters. The molecule has 0 saturated carbocycles. The van der Waals surface area contributed by atoms with Gasteiger partial charge in [0.25, 0.3) is 11.2 Å². The van der Waals surface area contributed by atoms with E-state index in [9.17, 15) is 64.0 Å². The van der Waals surface area contributed by atoms with E-state index in [1.165, 1.54) is 53.9 Å². The number of carbonyl (C=O) groups is 1. The fraction of sp³-hybridized carbons (Fsp3) is 0.375. The zero-order valence-corrected chi connectivity index (χ0v) is 39.9. The van der Waals surface area contributed by atoms with Gasteiger partial charge in [-0.3, -0.25) is 24.3 Å². The lowest BCUT2D eigenvalue weighted by Gasteiger charge is -2.23. The van der Waals surface area contributed by atoms with Crippen LogP contribution < -0.4 is 25.9 Å². The van der Waals surface area contributed by atoms with Crippen molar-refractivity contribution >= 4 is 56.5 Å². The van der Waals surface area contributed by atoms with E-state index in [0.29, 0.717) is 45.7 Å². The van der Waals surface area contributed by atoms with E-state index in [-0.39, 0.29) is 59.9 Å². The number of ketones is 1. The summed E-state index contributed by atoms with van der Waals surface area (Å²) in [6, 6.07) is 23.0. The topological polar surface area (TPSA) is 182 Å². The maximum absolute atomic E-state index is 13.3. The first kappa shape index (κ1) is 58.7. The highest BCUT2D eigenvalue weighted by Gasteiger charge is 2.30. The summed E-state index contributed by atoms with van der Waals surface area (Å²) in [4.78, 5) is 75.6. The number of hydrogen-bond acceptors (Lipinski definition) is 13. The van der Waals surface area contributed by atoms with E-state index < -0.39 is 54.1 Å². The van der Waals surface area contributed by atoms with Gasteiger partial charge in [0, 0.05) is 70.8 Å². The van der Waals surface area contributed by atoms with Crippen LogP contribution >= 0.6 is 0 Å². The second-order valence-electron chi connectivity index (χ2n) is 16.1. The number of nitro benzene ring substituents is 1. The van der Waals surface area contributed by atoms with Gasteiger partial charge in [0.05, 0.1) is 57.6 Å². The number of halogens is 9. The van der Waals surface area contributed by atoms with Crippen molar-refractivity contribution in [2.45, 2.75) is 77.9 Å². The van der Waals surface area contributed by atoms with Crippen molar-refractivity contribution in [1.29, 1.82) is 0 Å². The normalized spacial score (nSPS) is 11.7. The van der Waals surface area contributed by atoms with Gasteiger partial charge in [0.2, 0.25) is 0 Å². The van der Waals surface area contributed by atoms with E-state index in [1.807, 2.05) is 37.3 Å². The number of aryl methyl sites for hydroxylation is 2. The van der Waals surface area contributed by atoms with Crippen LogP contribution in [0.25, 0.3) is 21.8 Å². The van der Waals surface area contributed by atoms with Crippen LogP contribution in [0, 0.1) is 24.0 Å². The molecule has 2 aromatic heterocycles. The van der Waals surface area contributed by atoms with Gasteiger partial charge in [-0.05, 0) is 74.4 Å².